The minimum Gasteiger partial charge on any atom is -0.448 e. The Morgan fingerprint density at radius 1 is 1.36 bits per heavy atom. The number of fused-ring (bicyclic) bond motifs is 1. The van der Waals surface area contributed by atoms with Crippen molar-refractivity contribution in [3.8, 4) is 0 Å². The first-order chi connectivity index (χ1) is 11.3. The highest BCUT2D eigenvalue weighted by Crippen LogP contribution is 2.53. The van der Waals surface area contributed by atoms with Gasteiger partial charge < -0.3 is 14.2 Å². The van der Waals surface area contributed by atoms with Crippen molar-refractivity contribution in [2.45, 2.75) is 41.3 Å². The summed E-state index contributed by atoms with van der Waals surface area (Å²) in [6.07, 6.45) is -1.59. The zero-order valence-electron chi connectivity index (χ0n) is 12.0. The predicted octanol–water partition coefficient (Wildman–Crippen LogP) is -1.46. The topological polar surface area (TPSA) is 160 Å². The number of halogens is 2. The van der Waals surface area contributed by atoms with Gasteiger partial charge in [-0.25, -0.2) is 13.8 Å². The van der Waals surface area contributed by atoms with Gasteiger partial charge >= 0.3 is 27.3 Å². The van der Waals surface area contributed by atoms with Crippen LogP contribution in [-0.4, -0.2) is 68.4 Å². The average Bonchev–Trinajstić information content (AvgIpc) is 3.03. The van der Waals surface area contributed by atoms with Gasteiger partial charge in [0.2, 0.25) is 0 Å². The molecule has 4 atom stereocenters. The molecule has 3 saturated heterocycles. The minimum absolute atomic E-state index is 0.117. The summed E-state index contributed by atoms with van der Waals surface area (Å²) in [5, 5.41) is -6.31. The van der Waals surface area contributed by atoms with Crippen molar-refractivity contribution in [2.24, 2.45) is 0 Å². The average molecular weight is 408 g/mol. The predicted molar refractivity (Wildman–Crippen MR) is 68.0 cm³/mol. The highest BCUT2D eigenvalue weighted by molar-refractivity contribution is 7.88. The molecule has 3 fully saturated rings. The van der Waals surface area contributed by atoms with Crippen LogP contribution in [0, 0.1) is 0 Å². The third-order valence-electron chi connectivity index (χ3n) is 3.91. The molecule has 3 aliphatic rings. The van der Waals surface area contributed by atoms with E-state index in [9.17, 15) is 35.2 Å². The van der Waals surface area contributed by atoms with Gasteiger partial charge in [-0.3, -0.25) is 4.55 Å². The maximum atomic E-state index is 13.0. The van der Waals surface area contributed by atoms with Gasteiger partial charge in [-0.15, -0.1) is 0 Å². The molecule has 11 nitrogen and oxygen atoms in total. The van der Waals surface area contributed by atoms with Crippen LogP contribution in [0.4, 0.5) is 8.78 Å². The second kappa shape index (κ2) is 5.29. The number of esters is 2. The van der Waals surface area contributed by atoms with Gasteiger partial charge in [0.25, 0.3) is 15.9 Å². The lowest BCUT2D eigenvalue weighted by Crippen LogP contribution is -2.46. The Kier molecular flexibility index (Phi) is 3.89. The van der Waals surface area contributed by atoms with Gasteiger partial charge in [-0.05, 0) is 6.42 Å². The summed E-state index contributed by atoms with van der Waals surface area (Å²) in [4.78, 5) is 22.6. The van der Waals surface area contributed by atoms with Crippen LogP contribution in [0.2, 0.25) is 0 Å². The first kappa shape index (κ1) is 18.4. The highest BCUT2D eigenvalue weighted by atomic mass is 32.2. The van der Waals surface area contributed by atoms with Gasteiger partial charge in [-0.1, -0.05) is 0 Å². The van der Waals surface area contributed by atoms with Crippen LogP contribution < -0.4 is 0 Å². The number of alkyl halides is 2. The number of hydrogen-bond acceptors (Lipinski definition) is 10. The molecule has 0 saturated carbocycles. The Morgan fingerprint density at radius 2 is 2.00 bits per heavy atom. The Morgan fingerprint density at radius 3 is 2.56 bits per heavy atom. The summed E-state index contributed by atoms with van der Waals surface area (Å²) in [5.41, 5.74) is 0. The Hall–Kier alpha value is -1.42. The third-order valence-corrected chi connectivity index (χ3v) is 6.43. The molecule has 2 bridgehead atoms. The molecule has 0 aliphatic carbocycles. The molecule has 0 aromatic carbocycles. The fraction of sp³-hybridized carbons (Fsp3) is 0.800. The second-order valence-electron chi connectivity index (χ2n) is 5.59. The van der Waals surface area contributed by atoms with E-state index in [1.807, 2.05) is 0 Å². The minimum atomic E-state index is -6.09. The lowest BCUT2D eigenvalue weighted by atomic mass is 9.94. The van der Waals surface area contributed by atoms with E-state index in [0.29, 0.717) is 0 Å². The smallest absolute Gasteiger partial charge is 0.448 e. The molecule has 15 heteroatoms. The van der Waals surface area contributed by atoms with Crippen molar-refractivity contribution in [1.82, 2.24) is 0 Å². The van der Waals surface area contributed by atoms with Crippen molar-refractivity contribution >= 4 is 32.2 Å². The Bertz CT molecular complexity index is 835. The second-order valence-corrected chi connectivity index (χ2v) is 8.81. The van der Waals surface area contributed by atoms with Gasteiger partial charge in [0, 0.05) is 6.42 Å². The number of carbonyl (C=O) groups excluding carboxylic acids is 2. The van der Waals surface area contributed by atoms with E-state index in [1.54, 1.807) is 0 Å². The summed E-state index contributed by atoms with van der Waals surface area (Å²) < 4.78 is 97.2. The highest BCUT2D eigenvalue weighted by Gasteiger charge is 2.72. The molecule has 4 unspecified atom stereocenters. The fourth-order valence-corrected chi connectivity index (χ4v) is 4.95. The summed E-state index contributed by atoms with van der Waals surface area (Å²) in [5.74, 6) is -6.14. The van der Waals surface area contributed by atoms with E-state index in [4.69, 9.17) is 18.2 Å². The zero-order chi connectivity index (χ0) is 18.8. The van der Waals surface area contributed by atoms with Crippen LogP contribution in [0.25, 0.3) is 0 Å². The zero-order valence-corrected chi connectivity index (χ0v) is 13.6. The van der Waals surface area contributed by atoms with Gasteiger partial charge in [0.15, 0.2) is 6.61 Å². The van der Waals surface area contributed by atoms with Crippen LogP contribution >= 0.6 is 0 Å². The molecule has 3 aliphatic heterocycles. The molecular weight excluding hydrogens is 398 g/mol. The number of ether oxygens (including phenoxy) is 3. The maximum absolute atomic E-state index is 13.0. The molecule has 3 rings (SSSR count). The van der Waals surface area contributed by atoms with E-state index in [2.05, 4.69) is 4.74 Å². The van der Waals surface area contributed by atoms with Gasteiger partial charge in [0.05, 0.1) is 6.10 Å². The normalized spacial score (nSPS) is 35.6. The molecule has 1 N–H and O–H groups in total. The van der Waals surface area contributed by atoms with E-state index in [0.717, 1.165) is 0 Å². The van der Waals surface area contributed by atoms with Crippen molar-refractivity contribution in [1.29, 1.82) is 0 Å². The van der Waals surface area contributed by atoms with Crippen molar-refractivity contribution in [3.05, 3.63) is 0 Å². The molecule has 0 amide bonds. The molecule has 25 heavy (non-hydrogen) atoms. The number of hydrogen-bond donors (Lipinski definition) is 1. The summed E-state index contributed by atoms with van der Waals surface area (Å²) in [6.45, 7) is -1.46. The molecule has 142 valence electrons. The van der Waals surface area contributed by atoms with E-state index in [-0.39, 0.29) is 12.8 Å². The van der Waals surface area contributed by atoms with E-state index < -0.39 is 67.3 Å². The first-order valence-corrected chi connectivity index (χ1v) is 9.53. The van der Waals surface area contributed by atoms with E-state index in [1.165, 1.54) is 0 Å². The summed E-state index contributed by atoms with van der Waals surface area (Å²) in [7, 11) is -10.1. The van der Waals surface area contributed by atoms with Crippen LogP contribution in [-0.2, 0) is 48.2 Å². The standard InChI is InChI=1S/C10H10F2O11S2/c11-10(12,25(17,18)19)8(14)20-3-6(13)22-9-2-4-1-5(7(9)21-4)24(15,16)23-9/h4-5,7H,1-3H2,(H,17,18,19). The van der Waals surface area contributed by atoms with Crippen molar-refractivity contribution in [3.63, 3.8) is 0 Å². The Balaban J connectivity index is 1.64. The molecule has 3 heterocycles. The monoisotopic (exact) mass is 408 g/mol. The van der Waals surface area contributed by atoms with Crippen molar-refractivity contribution < 1.29 is 58.2 Å². The van der Waals surface area contributed by atoms with Gasteiger partial charge in [-0.2, -0.15) is 25.6 Å². The summed E-state index contributed by atoms with van der Waals surface area (Å²) >= 11 is 0. The molecule has 0 spiro atoms. The quantitative estimate of drug-likeness (QED) is 0.322. The lowest BCUT2D eigenvalue weighted by Gasteiger charge is -2.26. The third kappa shape index (κ3) is 2.79. The first-order valence-electron chi connectivity index (χ1n) is 6.62. The van der Waals surface area contributed by atoms with E-state index >= 15 is 0 Å². The molecular formula is C10H10F2O11S2. The fourth-order valence-electron chi connectivity index (χ4n) is 2.95. The molecule has 0 aromatic heterocycles. The lowest BCUT2D eigenvalue weighted by molar-refractivity contribution is -0.208. The van der Waals surface area contributed by atoms with Crippen molar-refractivity contribution in [2.75, 3.05) is 6.61 Å². The SMILES string of the molecule is O=C(COC(=O)C(F)(F)S(=O)(=O)O)OC12CC3CC(C1O3)S(=O)(=O)O2. The number of carbonyl (C=O) groups is 2. The summed E-state index contributed by atoms with van der Waals surface area (Å²) in [6, 6.07) is 0. The molecule has 0 radical (unpaired) electrons. The van der Waals surface area contributed by atoms with Crippen LogP contribution in [0.1, 0.15) is 12.8 Å². The van der Waals surface area contributed by atoms with Crippen LogP contribution in [0.3, 0.4) is 0 Å². The van der Waals surface area contributed by atoms with Gasteiger partial charge in [0.1, 0.15) is 11.4 Å². The Labute approximate surface area is 139 Å². The molecule has 0 aromatic rings. The van der Waals surface area contributed by atoms with Crippen LogP contribution in [0.15, 0.2) is 0 Å². The van der Waals surface area contributed by atoms with Crippen LogP contribution in [0.5, 0.6) is 0 Å². The largest absolute Gasteiger partial charge is 0.465 e. The number of rotatable bonds is 5. The maximum Gasteiger partial charge on any atom is 0.465 e.